The molecule has 1 fully saturated rings. The zero-order valence-corrected chi connectivity index (χ0v) is 22.2. The molecule has 224 valence electrons. The molecule has 16 heteroatoms. The van der Waals surface area contributed by atoms with Crippen LogP contribution >= 0.6 is 11.6 Å². The van der Waals surface area contributed by atoms with Gasteiger partial charge in [-0.1, -0.05) is 17.7 Å². The van der Waals surface area contributed by atoms with Gasteiger partial charge in [-0.05, 0) is 24.3 Å². The second-order valence-corrected chi connectivity index (χ2v) is 9.55. The van der Waals surface area contributed by atoms with E-state index in [0.717, 1.165) is 12.1 Å². The summed E-state index contributed by atoms with van der Waals surface area (Å²) >= 11 is 6.13. The van der Waals surface area contributed by atoms with Crippen LogP contribution in [0.5, 0.6) is 0 Å². The highest BCUT2D eigenvalue weighted by Crippen LogP contribution is 2.31. The molecule has 3 rings (SSSR count). The molecule has 3 amide bonds. The first kappa shape index (κ1) is 31.8. The number of carbonyl (C=O) groups is 3. The van der Waals surface area contributed by atoms with E-state index >= 15 is 0 Å². The van der Waals surface area contributed by atoms with E-state index in [-0.39, 0.29) is 17.8 Å². The van der Waals surface area contributed by atoms with Gasteiger partial charge in [-0.25, -0.2) is 13.6 Å². The van der Waals surface area contributed by atoms with Crippen LogP contribution in [0.2, 0.25) is 5.02 Å². The van der Waals surface area contributed by atoms with Crippen LogP contribution in [-0.2, 0) is 11.3 Å². The first-order valence-corrected chi connectivity index (χ1v) is 12.7. The second-order valence-electron chi connectivity index (χ2n) is 9.11. The number of aliphatic hydroxyl groups excluding tert-OH is 1. The molecule has 5 N–H and O–H groups in total. The van der Waals surface area contributed by atoms with Crippen molar-refractivity contribution in [3.05, 3.63) is 58.1 Å². The lowest BCUT2D eigenvalue weighted by Gasteiger charge is -2.37. The van der Waals surface area contributed by atoms with Crippen molar-refractivity contribution in [2.45, 2.75) is 25.2 Å². The van der Waals surface area contributed by atoms with Gasteiger partial charge in [-0.3, -0.25) is 14.5 Å². The zero-order chi connectivity index (χ0) is 30.3. The topological polar surface area (TPSA) is 134 Å². The lowest BCUT2D eigenvalue weighted by Crippen LogP contribution is -2.48. The zero-order valence-electron chi connectivity index (χ0n) is 21.4. The highest BCUT2D eigenvalue weighted by Gasteiger charge is 2.29. The molecule has 0 bridgehead atoms. The number of hydrogen-bond donors (Lipinski definition) is 5. The van der Waals surface area contributed by atoms with Crippen molar-refractivity contribution in [3.63, 3.8) is 0 Å². The van der Waals surface area contributed by atoms with Crippen LogP contribution < -0.4 is 20.9 Å². The van der Waals surface area contributed by atoms with Gasteiger partial charge in [-0.2, -0.15) is 13.2 Å². The molecule has 0 aromatic heterocycles. The van der Waals surface area contributed by atoms with Crippen LogP contribution in [0.15, 0.2) is 30.3 Å². The smallest absolute Gasteiger partial charge is 0.405 e. The van der Waals surface area contributed by atoms with Gasteiger partial charge >= 0.3 is 12.3 Å². The SMILES string of the molecule is O=C(O)NC(CO)C(=O)NCc1ccc(C(=O)Nc2ccc(Cl)cc2N2CCN(CCC(F)(F)F)CC2)c(F)c1F. The molecule has 1 atom stereocenters. The third-order valence-corrected chi connectivity index (χ3v) is 6.52. The summed E-state index contributed by atoms with van der Waals surface area (Å²) in [5.74, 6) is -4.88. The van der Waals surface area contributed by atoms with E-state index in [4.69, 9.17) is 21.8 Å². The Labute approximate surface area is 236 Å². The van der Waals surface area contributed by atoms with Gasteiger partial charge in [0.15, 0.2) is 11.6 Å². The molecule has 2 aromatic rings. The summed E-state index contributed by atoms with van der Waals surface area (Å²) in [5.41, 5.74) is -0.304. The van der Waals surface area contributed by atoms with Crippen LogP contribution in [0.4, 0.5) is 38.1 Å². The summed E-state index contributed by atoms with van der Waals surface area (Å²) in [5, 5.41) is 24.6. The van der Waals surface area contributed by atoms with Crippen molar-refractivity contribution < 1.29 is 46.5 Å². The molecule has 10 nitrogen and oxygen atoms in total. The minimum absolute atomic E-state index is 0.137. The van der Waals surface area contributed by atoms with Gasteiger partial charge < -0.3 is 31.1 Å². The maximum Gasteiger partial charge on any atom is 0.405 e. The molecule has 1 aliphatic heterocycles. The molecule has 1 heterocycles. The van der Waals surface area contributed by atoms with E-state index in [1.54, 1.807) is 16.3 Å². The van der Waals surface area contributed by atoms with Gasteiger partial charge in [-0.15, -0.1) is 0 Å². The minimum atomic E-state index is -4.26. The van der Waals surface area contributed by atoms with E-state index in [1.807, 2.05) is 4.90 Å². The fourth-order valence-corrected chi connectivity index (χ4v) is 4.28. The summed E-state index contributed by atoms with van der Waals surface area (Å²) in [7, 11) is 0. The summed E-state index contributed by atoms with van der Waals surface area (Å²) in [6, 6.07) is 5.03. The van der Waals surface area contributed by atoms with Crippen molar-refractivity contribution in [1.29, 1.82) is 0 Å². The van der Waals surface area contributed by atoms with Crippen molar-refractivity contribution >= 4 is 40.9 Å². The Morgan fingerprint density at radius 3 is 2.32 bits per heavy atom. The van der Waals surface area contributed by atoms with Crippen LogP contribution in [0.3, 0.4) is 0 Å². The Bertz CT molecular complexity index is 1270. The van der Waals surface area contributed by atoms with Crippen LogP contribution in [-0.4, -0.2) is 84.6 Å². The van der Waals surface area contributed by atoms with Crippen LogP contribution in [0.25, 0.3) is 0 Å². The van der Waals surface area contributed by atoms with Crippen molar-refractivity contribution in [3.8, 4) is 0 Å². The number of nitrogens with zero attached hydrogens (tertiary/aromatic N) is 2. The molecule has 0 aliphatic carbocycles. The molecular weight excluding hydrogens is 581 g/mol. The number of hydrogen-bond acceptors (Lipinski definition) is 6. The van der Waals surface area contributed by atoms with E-state index in [2.05, 4.69) is 10.6 Å². The molecule has 0 radical (unpaired) electrons. The van der Waals surface area contributed by atoms with Crippen molar-refractivity contribution in [2.75, 3.05) is 49.5 Å². The third-order valence-electron chi connectivity index (χ3n) is 6.29. The quantitative estimate of drug-likeness (QED) is 0.262. The Hall–Kier alpha value is -3.69. The molecule has 41 heavy (non-hydrogen) atoms. The Kier molecular flexibility index (Phi) is 10.7. The number of rotatable bonds is 10. The van der Waals surface area contributed by atoms with E-state index < -0.39 is 66.9 Å². The molecule has 0 saturated carbocycles. The predicted molar refractivity (Wildman–Crippen MR) is 139 cm³/mol. The van der Waals surface area contributed by atoms with E-state index in [0.29, 0.717) is 36.9 Å². The fourth-order valence-electron chi connectivity index (χ4n) is 4.11. The van der Waals surface area contributed by atoms with Crippen LogP contribution in [0, 0.1) is 11.6 Å². The van der Waals surface area contributed by atoms with Gasteiger partial charge in [0.1, 0.15) is 6.04 Å². The first-order valence-electron chi connectivity index (χ1n) is 12.3. The third kappa shape index (κ3) is 8.90. The number of alkyl halides is 3. The highest BCUT2D eigenvalue weighted by atomic mass is 35.5. The van der Waals surface area contributed by atoms with Gasteiger partial charge in [0.2, 0.25) is 5.91 Å². The number of nitrogens with one attached hydrogen (secondary N) is 3. The molecule has 2 aromatic carbocycles. The number of piperazine rings is 1. The number of aliphatic hydroxyl groups is 1. The van der Waals surface area contributed by atoms with Crippen molar-refractivity contribution in [1.82, 2.24) is 15.5 Å². The molecular formula is C25H27ClF5N5O5. The fraction of sp³-hybridized carbons (Fsp3) is 0.400. The molecule has 1 unspecified atom stereocenters. The normalized spacial score (nSPS) is 14.9. The lowest BCUT2D eigenvalue weighted by atomic mass is 10.1. The maximum atomic E-state index is 14.9. The number of halogens is 6. The number of benzene rings is 2. The number of anilines is 2. The number of carbonyl (C=O) groups excluding carboxylic acids is 2. The average molecular weight is 608 g/mol. The average Bonchev–Trinajstić information content (AvgIpc) is 2.91. The van der Waals surface area contributed by atoms with Gasteiger partial charge in [0.25, 0.3) is 5.91 Å². The summed E-state index contributed by atoms with van der Waals surface area (Å²) in [4.78, 5) is 39.1. The first-order chi connectivity index (χ1) is 19.3. The molecule has 1 aliphatic rings. The van der Waals surface area contributed by atoms with Crippen LogP contribution in [0.1, 0.15) is 22.3 Å². The minimum Gasteiger partial charge on any atom is -0.465 e. The summed E-state index contributed by atoms with van der Waals surface area (Å²) < 4.78 is 67.2. The predicted octanol–water partition coefficient (Wildman–Crippen LogP) is 3.19. The Balaban J connectivity index is 1.69. The second kappa shape index (κ2) is 13.8. The van der Waals surface area contributed by atoms with E-state index in [1.165, 1.54) is 12.1 Å². The van der Waals surface area contributed by atoms with E-state index in [9.17, 15) is 36.3 Å². The summed E-state index contributed by atoms with van der Waals surface area (Å²) in [6.07, 6.45) is -6.76. The number of carboxylic acid groups (broad SMARTS) is 1. The maximum absolute atomic E-state index is 14.9. The highest BCUT2D eigenvalue weighted by molar-refractivity contribution is 6.31. The Morgan fingerprint density at radius 1 is 1.02 bits per heavy atom. The number of amides is 3. The molecule has 0 spiro atoms. The monoisotopic (exact) mass is 607 g/mol. The summed E-state index contributed by atoms with van der Waals surface area (Å²) in [6.45, 7) is -0.222. The van der Waals surface area contributed by atoms with Crippen molar-refractivity contribution in [2.24, 2.45) is 0 Å². The van der Waals surface area contributed by atoms with Gasteiger partial charge in [0, 0.05) is 49.9 Å². The standard InChI is InChI=1S/C25H27ClF5N5O5/c26-15-2-4-17(19(11-15)36-9-7-35(8-10-36)6-5-25(29,30)31)33-22(38)16-3-1-14(20(27)21(16)28)12-32-23(39)18(13-37)34-24(40)41/h1-4,11,18,34,37H,5-10,12-13H2,(H,32,39)(H,33,38)(H,40,41). The van der Waals surface area contributed by atoms with Gasteiger partial charge in [0.05, 0.1) is 30.0 Å². The Morgan fingerprint density at radius 2 is 1.71 bits per heavy atom. The molecule has 1 saturated heterocycles. The largest absolute Gasteiger partial charge is 0.465 e. The lowest BCUT2D eigenvalue weighted by molar-refractivity contribution is -0.138.